The highest BCUT2D eigenvalue weighted by Gasteiger charge is 2.17. The second-order valence-corrected chi connectivity index (χ2v) is 8.63. The Hall–Kier alpha value is -3.69. The van der Waals surface area contributed by atoms with Gasteiger partial charge < -0.3 is 14.6 Å². The number of hydrogen-bond acceptors (Lipinski definition) is 8. The van der Waals surface area contributed by atoms with E-state index in [9.17, 15) is 9.90 Å². The van der Waals surface area contributed by atoms with Gasteiger partial charge in [-0.05, 0) is 48.9 Å². The third kappa shape index (κ3) is 6.68. The van der Waals surface area contributed by atoms with E-state index in [1.54, 1.807) is 43.6 Å². The van der Waals surface area contributed by atoms with E-state index in [1.165, 1.54) is 11.8 Å². The number of esters is 1. The Kier molecular flexibility index (Phi) is 8.48. The zero-order chi connectivity index (χ0) is 24.5. The predicted molar refractivity (Wildman–Crippen MR) is 133 cm³/mol. The van der Waals surface area contributed by atoms with Crippen LogP contribution in [-0.4, -0.2) is 55.9 Å². The molecule has 0 saturated carbocycles. The number of ether oxygens (including phenoxy) is 2. The Labute approximate surface area is 208 Å². The van der Waals surface area contributed by atoms with Crippen LogP contribution in [0.4, 0.5) is 0 Å². The van der Waals surface area contributed by atoms with Gasteiger partial charge in [0.2, 0.25) is 0 Å². The molecule has 0 spiro atoms. The number of nitrogens with zero attached hydrogens (tertiary/aromatic N) is 4. The Balaban J connectivity index is 1.39. The average molecular weight is 491 g/mol. The van der Waals surface area contributed by atoms with Crippen LogP contribution in [0.3, 0.4) is 0 Å². The molecule has 2 aromatic carbocycles. The van der Waals surface area contributed by atoms with Gasteiger partial charge in [-0.15, -0.1) is 10.2 Å². The third-order valence-corrected chi connectivity index (χ3v) is 6.14. The summed E-state index contributed by atoms with van der Waals surface area (Å²) < 4.78 is 12.7. The molecule has 2 aromatic heterocycles. The van der Waals surface area contributed by atoms with Crippen molar-refractivity contribution < 1.29 is 19.4 Å². The summed E-state index contributed by atoms with van der Waals surface area (Å²) in [5.41, 5.74) is 2.45. The first-order chi connectivity index (χ1) is 17.1. The van der Waals surface area contributed by atoms with Crippen LogP contribution in [0.5, 0.6) is 5.75 Å². The SMILES string of the molecule is CCOC(=O)c1ccc(OCC(O)CSc2nnc(-c3cccnc3)n2Cc2ccccc2)cc1. The largest absolute Gasteiger partial charge is 0.491 e. The molecule has 4 rings (SSSR count). The van der Waals surface area contributed by atoms with Crippen molar-refractivity contribution in [3.63, 3.8) is 0 Å². The molecular weight excluding hydrogens is 464 g/mol. The highest BCUT2D eigenvalue weighted by molar-refractivity contribution is 7.99. The topological polar surface area (TPSA) is 99.4 Å². The molecule has 1 unspecified atom stereocenters. The summed E-state index contributed by atoms with van der Waals surface area (Å²) in [6.45, 7) is 2.79. The van der Waals surface area contributed by atoms with Crippen molar-refractivity contribution in [3.8, 4) is 17.1 Å². The molecule has 1 atom stereocenters. The molecule has 2 heterocycles. The molecule has 0 aliphatic carbocycles. The summed E-state index contributed by atoms with van der Waals surface area (Å²) in [5.74, 6) is 1.28. The van der Waals surface area contributed by atoms with Crippen molar-refractivity contribution in [2.24, 2.45) is 0 Å². The summed E-state index contributed by atoms with van der Waals surface area (Å²) in [7, 11) is 0. The molecule has 0 bridgehead atoms. The van der Waals surface area contributed by atoms with Gasteiger partial charge in [-0.25, -0.2) is 4.79 Å². The predicted octanol–water partition coefficient (Wildman–Crippen LogP) is 4.10. The Morgan fingerprint density at radius 2 is 1.86 bits per heavy atom. The Morgan fingerprint density at radius 3 is 2.57 bits per heavy atom. The van der Waals surface area contributed by atoms with Crippen LogP contribution >= 0.6 is 11.8 Å². The van der Waals surface area contributed by atoms with Crippen LogP contribution in [0.2, 0.25) is 0 Å². The molecule has 9 heteroatoms. The third-order valence-electron chi connectivity index (χ3n) is 5.03. The van der Waals surface area contributed by atoms with Crippen LogP contribution in [0, 0.1) is 0 Å². The smallest absolute Gasteiger partial charge is 0.338 e. The molecule has 0 amide bonds. The summed E-state index contributed by atoms with van der Waals surface area (Å²) in [5, 5.41) is 20.0. The molecule has 0 fully saturated rings. The Bertz CT molecular complexity index is 1220. The van der Waals surface area contributed by atoms with Crippen molar-refractivity contribution in [2.45, 2.75) is 24.7 Å². The fourth-order valence-electron chi connectivity index (χ4n) is 3.33. The van der Waals surface area contributed by atoms with Crippen molar-refractivity contribution in [1.29, 1.82) is 0 Å². The van der Waals surface area contributed by atoms with Crippen molar-refractivity contribution in [1.82, 2.24) is 19.7 Å². The second kappa shape index (κ2) is 12.1. The number of hydrogen-bond donors (Lipinski definition) is 1. The summed E-state index contributed by atoms with van der Waals surface area (Å²) >= 11 is 1.41. The summed E-state index contributed by atoms with van der Waals surface area (Å²) in [6, 6.07) is 20.5. The number of carbonyl (C=O) groups is 1. The van der Waals surface area contributed by atoms with Crippen LogP contribution in [-0.2, 0) is 11.3 Å². The normalized spacial score (nSPS) is 11.7. The minimum atomic E-state index is -0.728. The number of carbonyl (C=O) groups excluding carboxylic acids is 1. The Morgan fingerprint density at radius 1 is 1.06 bits per heavy atom. The van der Waals surface area contributed by atoms with E-state index < -0.39 is 6.10 Å². The van der Waals surface area contributed by atoms with Gasteiger partial charge in [0, 0.05) is 23.7 Å². The van der Waals surface area contributed by atoms with Crippen LogP contribution in [0.15, 0.2) is 84.3 Å². The van der Waals surface area contributed by atoms with E-state index in [1.807, 2.05) is 34.9 Å². The van der Waals surface area contributed by atoms with E-state index in [0.29, 0.717) is 35.4 Å². The quantitative estimate of drug-likeness (QED) is 0.248. The van der Waals surface area contributed by atoms with E-state index in [-0.39, 0.29) is 12.6 Å². The van der Waals surface area contributed by atoms with E-state index in [4.69, 9.17) is 9.47 Å². The summed E-state index contributed by atoms with van der Waals surface area (Å²) in [6.07, 6.45) is 2.75. The van der Waals surface area contributed by atoms with Gasteiger partial charge in [0.15, 0.2) is 11.0 Å². The van der Waals surface area contributed by atoms with Gasteiger partial charge >= 0.3 is 5.97 Å². The lowest BCUT2D eigenvalue weighted by Gasteiger charge is -2.14. The van der Waals surface area contributed by atoms with E-state index in [2.05, 4.69) is 27.3 Å². The maximum absolute atomic E-state index is 11.8. The maximum atomic E-state index is 11.8. The minimum Gasteiger partial charge on any atom is -0.491 e. The molecule has 4 aromatic rings. The molecule has 35 heavy (non-hydrogen) atoms. The number of rotatable bonds is 11. The van der Waals surface area contributed by atoms with Crippen molar-refractivity contribution in [3.05, 3.63) is 90.3 Å². The zero-order valence-electron chi connectivity index (χ0n) is 19.3. The fraction of sp³-hybridized carbons (Fsp3) is 0.231. The standard InChI is InChI=1S/C26H26N4O4S/c1-2-33-25(32)20-10-12-23(13-11-20)34-17-22(31)18-35-26-29-28-24(21-9-6-14-27-15-21)30(26)16-19-7-4-3-5-8-19/h3-15,22,31H,2,16-18H2,1H3. The van der Waals surface area contributed by atoms with Gasteiger partial charge in [0.05, 0.1) is 24.8 Å². The monoisotopic (exact) mass is 490 g/mol. The maximum Gasteiger partial charge on any atom is 0.338 e. The number of benzene rings is 2. The average Bonchev–Trinajstić information content (AvgIpc) is 3.30. The lowest BCUT2D eigenvalue weighted by Crippen LogP contribution is -2.20. The van der Waals surface area contributed by atoms with Crippen molar-refractivity contribution >= 4 is 17.7 Å². The molecule has 0 aliphatic rings. The van der Waals surface area contributed by atoms with E-state index in [0.717, 1.165) is 17.0 Å². The molecular formula is C26H26N4O4S. The number of thioether (sulfide) groups is 1. The van der Waals surface area contributed by atoms with Crippen LogP contribution in [0.1, 0.15) is 22.8 Å². The molecule has 180 valence electrons. The van der Waals surface area contributed by atoms with E-state index >= 15 is 0 Å². The number of aliphatic hydroxyl groups is 1. The lowest BCUT2D eigenvalue weighted by molar-refractivity contribution is 0.0526. The number of aromatic nitrogens is 4. The minimum absolute atomic E-state index is 0.105. The van der Waals surface area contributed by atoms with Crippen LogP contribution < -0.4 is 4.74 Å². The lowest BCUT2D eigenvalue weighted by atomic mass is 10.2. The van der Waals surface area contributed by atoms with Gasteiger partial charge in [0.1, 0.15) is 12.4 Å². The van der Waals surface area contributed by atoms with Gasteiger partial charge in [-0.3, -0.25) is 9.55 Å². The molecule has 0 radical (unpaired) electrons. The highest BCUT2D eigenvalue weighted by atomic mass is 32.2. The zero-order valence-corrected chi connectivity index (χ0v) is 20.1. The highest BCUT2D eigenvalue weighted by Crippen LogP contribution is 2.25. The first-order valence-corrected chi connectivity index (χ1v) is 12.2. The van der Waals surface area contributed by atoms with Gasteiger partial charge in [-0.2, -0.15) is 0 Å². The summed E-state index contributed by atoms with van der Waals surface area (Å²) in [4.78, 5) is 16.0. The number of aliphatic hydroxyl groups excluding tert-OH is 1. The number of pyridine rings is 1. The van der Waals surface area contributed by atoms with Crippen LogP contribution in [0.25, 0.3) is 11.4 Å². The molecule has 8 nitrogen and oxygen atoms in total. The molecule has 0 saturated heterocycles. The van der Waals surface area contributed by atoms with Gasteiger partial charge in [0.25, 0.3) is 0 Å². The second-order valence-electron chi connectivity index (χ2n) is 7.64. The first kappa shape index (κ1) is 24.4. The fourth-order valence-corrected chi connectivity index (χ4v) is 4.17. The molecule has 1 N–H and O–H groups in total. The first-order valence-electron chi connectivity index (χ1n) is 11.2. The van der Waals surface area contributed by atoms with Crippen molar-refractivity contribution in [2.75, 3.05) is 19.0 Å². The van der Waals surface area contributed by atoms with Gasteiger partial charge in [-0.1, -0.05) is 42.1 Å². The molecule has 0 aliphatic heterocycles.